The van der Waals surface area contributed by atoms with Crippen LogP contribution in [0.5, 0.6) is 0 Å². The maximum absolute atomic E-state index is 5.89. The molecule has 0 radical (unpaired) electrons. The average Bonchev–Trinajstić information content (AvgIpc) is 2.84. The van der Waals surface area contributed by atoms with E-state index in [0.717, 1.165) is 23.2 Å². The molecule has 1 aliphatic rings. The predicted molar refractivity (Wildman–Crippen MR) is 98.3 cm³/mol. The van der Waals surface area contributed by atoms with Crippen LogP contribution in [-0.2, 0) is 9.47 Å². The highest BCUT2D eigenvalue weighted by Crippen LogP contribution is 2.34. The molecule has 1 saturated heterocycles. The summed E-state index contributed by atoms with van der Waals surface area (Å²) in [7, 11) is 6.60. The summed E-state index contributed by atoms with van der Waals surface area (Å²) in [5, 5.41) is 0. The Labute approximate surface area is 167 Å². The van der Waals surface area contributed by atoms with Crippen molar-refractivity contribution in [2.45, 2.75) is 83.7 Å². The molecule has 0 aromatic heterocycles. The second-order valence-electron chi connectivity index (χ2n) is 8.26. The highest BCUT2D eigenvalue weighted by Gasteiger charge is 2.36. The van der Waals surface area contributed by atoms with E-state index in [-0.39, 0.29) is 29.6 Å². The lowest BCUT2D eigenvalue weighted by atomic mass is 9.95. The van der Waals surface area contributed by atoms with Crippen LogP contribution in [0.3, 0.4) is 0 Å². The van der Waals surface area contributed by atoms with Crippen molar-refractivity contribution in [3.05, 3.63) is 11.8 Å². The zero-order valence-corrected chi connectivity index (χ0v) is 18.9. The Hall–Kier alpha value is 0.190. The van der Waals surface area contributed by atoms with Gasteiger partial charge in [-0.2, -0.15) is 0 Å². The summed E-state index contributed by atoms with van der Waals surface area (Å²) in [6.45, 7) is 5.85. The Balaban J connectivity index is 0.00000529. The van der Waals surface area contributed by atoms with Crippen LogP contribution in [0.25, 0.3) is 0 Å². The molecular formula is C20H40INO2. The Bertz CT molecular complexity index is 352. The quantitative estimate of drug-likeness (QED) is 0.257. The number of quaternary nitrogens is 1. The smallest absolute Gasteiger partial charge is 0.189 e. The van der Waals surface area contributed by atoms with Crippen molar-refractivity contribution in [3.63, 3.8) is 0 Å². The van der Waals surface area contributed by atoms with E-state index in [9.17, 15) is 0 Å². The van der Waals surface area contributed by atoms with E-state index in [0.29, 0.717) is 6.79 Å². The van der Waals surface area contributed by atoms with E-state index in [1.165, 1.54) is 57.8 Å². The van der Waals surface area contributed by atoms with Crippen molar-refractivity contribution in [2.75, 3.05) is 34.5 Å². The van der Waals surface area contributed by atoms with Gasteiger partial charge in [-0.05, 0) is 13.3 Å². The number of halogens is 1. The predicted octanol–water partition coefficient (Wildman–Crippen LogP) is 2.26. The molecule has 1 fully saturated rings. The van der Waals surface area contributed by atoms with Gasteiger partial charge in [0.1, 0.15) is 17.9 Å². The highest BCUT2D eigenvalue weighted by molar-refractivity contribution is 5.11. The van der Waals surface area contributed by atoms with E-state index in [2.05, 4.69) is 41.1 Å². The van der Waals surface area contributed by atoms with Crippen molar-refractivity contribution < 1.29 is 37.9 Å². The van der Waals surface area contributed by atoms with E-state index in [4.69, 9.17) is 9.47 Å². The van der Waals surface area contributed by atoms with Gasteiger partial charge in [-0.1, -0.05) is 64.7 Å². The molecule has 24 heavy (non-hydrogen) atoms. The molecular weight excluding hydrogens is 413 g/mol. The molecule has 1 rings (SSSR count). The molecule has 1 atom stereocenters. The Morgan fingerprint density at radius 1 is 0.958 bits per heavy atom. The Kier molecular flexibility index (Phi) is 12.6. The largest absolute Gasteiger partial charge is 1.00 e. The summed E-state index contributed by atoms with van der Waals surface area (Å²) in [5.74, 6) is 1.05. The third-order valence-corrected chi connectivity index (χ3v) is 4.69. The summed E-state index contributed by atoms with van der Waals surface area (Å²) < 4.78 is 12.5. The summed E-state index contributed by atoms with van der Waals surface area (Å²) in [4.78, 5) is 0. The number of rotatable bonds is 12. The van der Waals surface area contributed by atoms with Crippen LogP contribution in [0.1, 0.15) is 78.1 Å². The molecule has 0 aliphatic carbocycles. The minimum Gasteiger partial charge on any atom is -1.00 e. The van der Waals surface area contributed by atoms with Gasteiger partial charge in [0.15, 0.2) is 6.79 Å². The van der Waals surface area contributed by atoms with Gasteiger partial charge >= 0.3 is 0 Å². The first kappa shape index (κ1) is 24.2. The van der Waals surface area contributed by atoms with Gasteiger partial charge in [-0.15, -0.1) is 0 Å². The summed E-state index contributed by atoms with van der Waals surface area (Å²) in [5.41, 5.74) is -0.198. The van der Waals surface area contributed by atoms with Crippen molar-refractivity contribution in [1.29, 1.82) is 0 Å². The van der Waals surface area contributed by atoms with Crippen LogP contribution in [0.4, 0.5) is 0 Å². The van der Waals surface area contributed by atoms with Crippen LogP contribution in [-0.4, -0.2) is 44.6 Å². The summed E-state index contributed by atoms with van der Waals surface area (Å²) in [6, 6.07) is 0. The topological polar surface area (TPSA) is 18.5 Å². The van der Waals surface area contributed by atoms with Gasteiger partial charge in [0.05, 0.1) is 21.1 Å². The maximum Gasteiger partial charge on any atom is 0.189 e. The molecule has 0 aromatic rings. The lowest BCUT2D eigenvalue weighted by molar-refractivity contribution is -0.864. The van der Waals surface area contributed by atoms with Crippen molar-refractivity contribution in [3.8, 4) is 0 Å². The molecule has 0 saturated carbocycles. The third kappa shape index (κ3) is 10.2. The fraction of sp³-hybridized carbons (Fsp3) is 0.900. The van der Waals surface area contributed by atoms with E-state index in [1.807, 2.05) is 0 Å². The first-order valence-electron chi connectivity index (χ1n) is 9.65. The van der Waals surface area contributed by atoms with E-state index >= 15 is 0 Å². The van der Waals surface area contributed by atoms with Crippen molar-refractivity contribution >= 4 is 0 Å². The molecule has 0 amide bonds. The molecule has 1 heterocycles. The second-order valence-corrected chi connectivity index (χ2v) is 8.26. The normalized spacial score (nSPS) is 22.5. The first-order chi connectivity index (χ1) is 10.9. The summed E-state index contributed by atoms with van der Waals surface area (Å²) in [6.07, 6.45) is 15.6. The van der Waals surface area contributed by atoms with Gasteiger partial charge in [-0.3, -0.25) is 0 Å². The molecule has 144 valence electrons. The minimum absolute atomic E-state index is 0. The standard InChI is InChI=1S/C20H40NO2.HI/c1-6-7-8-9-10-11-12-13-14-16-20(2)19(22-18-23-20)15-17-21(3,4)5;/h15H,6-14,16-18H2,1-5H3;1H/q+1;/p-1. The highest BCUT2D eigenvalue weighted by atomic mass is 127. The average molecular weight is 453 g/mol. The number of nitrogens with zero attached hydrogens (tertiary/aromatic N) is 1. The zero-order valence-electron chi connectivity index (χ0n) is 16.7. The van der Waals surface area contributed by atoms with Crippen LogP contribution in [0.15, 0.2) is 11.8 Å². The monoisotopic (exact) mass is 453 g/mol. The molecule has 0 aromatic carbocycles. The third-order valence-electron chi connectivity index (χ3n) is 4.69. The van der Waals surface area contributed by atoms with Crippen molar-refractivity contribution in [1.82, 2.24) is 0 Å². The van der Waals surface area contributed by atoms with Gasteiger partial charge in [0, 0.05) is 6.08 Å². The molecule has 0 bridgehead atoms. The number of ether oxygens (including phenoxy) is 2. The molecule has 1 unspecified atom stereocenters. The SMILES string of the molecule is CCCCCCCCCCCC1(C)OCOC1=CC[N+](C)(C)C.[I-]. The molecule has 0 spiro atoms. The Morgan fingerprint density at radius 3 is 2.04 bits per heavy atom. The fourth-order valence-electron chi connectivity index (χ4n) is 3.05. The molecule has 0 N–H and O–H groups in total. The number of likely N-dealkylation sites (N-methyl/N-ethyl adjacent to an activating group) is 1. The first-order valence-corrected chi connectivity index (χ1v) is 9.65. The molecule has 1 aliphatic heterocycles. The van der Waals surface area contributed by atoms with Crippen LogP contribution in [0.2, 0.25) is 0 Å². The zero-order chi connectivity index (χ0) is 17.2. The second kappa shape index (κ2) is 12.5. The minimum atomic E-state index is -0.198. The number of hydrogen-bond acceptors (Lipinski definition) is 2. The van der Waals surface area contributed by atoms with Crippen LogP contribution in [0, 0.1) is 0 Å². The Morgan fingerprint density at radius 2 is 1.50 bits per heavy atom. The van der Waals surface area contributed by atoms with Crippen LogP contribution >= 0.6 is 0 Å². The van der Waals surface area contributed by atoms with Crippen LogP contribution < -0.4 is 24.0 Å². The maximum atomic E-state index is 5.89. The van der Waals surface area contributed by atoms with E-state index in [1.54, 1.807) is 0 Å². The molecule has 4 heteroatoms. The molecule has 3 nitrogen and oxygen atoms in total. The van der Waals surface area contributed by atoms with Gasteiger partial charge < -0.3 is 37.9 Å². The lowest BCUT2D eigenvalue weighted by Crippen LogP contribution is -3.00. The lowest BCUT2D eigenvalue weighted by Gasteiger charge is -2.25. The fourth-order valence-corrected chi connectivity index (χ4v) is 3.05. The van der Waals surface area contributed by atoms with E-state index < -0.39 is 0 Å². The van der Waals surface area contributed by atoms with Crippen molar-refractivity contribution in [2.24, 2.45) is 0 Å². The summed E-state index contributed by atoms with van der Waals surface area (Å²) >= 11 is 0. The number of hydrogen-bond donors (Lipinski definition) is 0. The van der Waals surface area contributed by atoms with Gasteiger partial charge in [0.2, 0.25) is 0 Å². The van der Waals surface area contributed by atoms with Gasteiger partial charge in [0.25, 0.3) is 0 Å². The number of unbranched alkanes of at least 4 members (excludes halogenated alkanes) is 8. The van der Waals surface area contributed by atoms with Gasteiger partial charge in [-0.25, -0.2) is 0 Å².